The lowest BCUT2D eigenvalue weighted by molar-refractivity contribution is -0.155. The van der Waals surface area contributed by atoms with E-state index in [4.69, 9.17) is 9.47 Å². The fourth-order valence-corrected chi connectivity index (χ4v) is 5.89. The summed E-state index contributed by atoms with van der Waals surface area (Å²) in [5, 5.41) is 5.37. The highest BCUT2D eigenvalue weighted by Gasteiger charge is 2.68. The Morgan fingerprint density at radius 2 is 1.85 bits per heavy atom. The first-order chi connectivity index (χ1) is 16.0. The number of nitrogens with zero attached hydrogens (tertiary/aromatic N) is 1. The quantitative estimate of drug-likeness (QED) is 0.439. The minimum atomic E-state index is -1.24. The highest BCUT2D eigenvalue weighted by Crippen LogP contribution is 2.52. The maximum Gasteiger partial charge on any atom is 0.327 e. The number of fused-ring (bicyclic) bond motifs is 1. The average molecular weight is 471 g/mol. The van der Waals surface area contributed by atoms with Gasteiger partial charge in [-0.25, -0.2) is 4.90 Å². The molecule has 0 saturated carbocycles. The lowest BCUT2D eigenvalue weighted by Gasteiger charge is -2.32. The molecule has 4 rings (SSSR count). The Morgan fingerprint density at radius 3 is 2.45 bits per heavy atom. The molecule has 2 aromatic rings. The number of nitrogens with one attached hydrogen (secondary N) is 1. The molecule has 2 amide bonds. The third-order valence-corrected chi connectivity index (χ3v) is 7.43. The molecule has 0 spiro atoms. The normalized spacial score (nSPS) is 26.5. The van der Waals surface area contributed by atoms with E-state index in [0.717, 1.165) is 17.7 Å². The summed E-state index contributed by atoms with van der Waals surface area (Å²) >= 11 is 1.51. The van der Waals surface area contributed by atoms with Gasteiger partial charge in [-0.1, -0.05) is 25.8 Å². The average Bonchev–Trinajstić information content (AvgIpc) is 3.51. The van der Waals surface area contributed by atoms with Gasteiger partial charge < -0.3 is 9.47 Å². The van der Waals surface area contributed by atoms with Gasteiger partial charge >= 0.3 is 5.97 Å². The van der Waals surface area contributed by atoms with Crippen molar-refractivity contribution < 1.29 is 23.9 Å². The van der Waals surface area contributed by atoms with Crippen LogP contribution in [0, 0.1) is 11.8 Å². The number of ether oxygens (including phenoxy) is 2. The van der Waals surface area contributed by atoms with E-state index in [-0.39, 0.29) is 18.4 Å². The zero-order valence-corrected chi connectivity index (χ0v) is 20.0. The van der Waals surface area contributed by atoms with Gasteiger partial charge in [-0.3, -0.25) is 19.7 Å². The first kappa shape index (κ1) is 23.4. The predicted molar refractivity (Wildman–Crippen MR) is 126 cm³/mol. The molecule has 1 aromatic heterocycles. The maximum absolute atomic E-state index is 13.8. The number of rotatable bonds is 9. The van der Waals surface area contributed by atoms with Crippen LogP contribution in [-0.2, 0) is 19.1 Å². The Bertz CT molecular complexity index is 1010. The molecule has 2 aliphatic heterocycles. The Hall–Kier alpha value is -2.71. The second-order valence-electron chi connectivity index (χ2n) is 8.38. The number of unbranched alkanes of at least 4 members (excludes halogenated alkanes) is 1. The molecule has 7 nitrogen and oxygen atoms in total. The first-order valence-corrected chi connectivity index (χ1v) is 12.4. The van der Waals surface area contributed by atoms with Crippen molar-refractivity contribution in [1.29, 1.82) is 0 Å². The van der Waals surface area contributed by atoms with Gasteiger partial charge in [0.15, 0.2) is 0 Å². The SMILES string of the molecule is CCCC[C@@]1(C(=O)OCC)N[C@@H](c2cccs2)[C@H]2C(=O)N(c3ccc(OCC)cc3)C(=O)[C@@H]21. The minimum Gasteiger partial charge on any atom is -0.494 e. The molecule has 4 atom stereocenters. The van der Waals surface area contributed by atoms with E-state index in [9.17, 15) is 14.4 Å². The lowest BCUT2D eigenvalue weighted by Crippen LogP contribution is -2.56. The highest BCUT2D eigenvalue weighted by molar-refractivity contribution is 7.10. The van der Waals surface area contributed by atoms with Gasteiger partial charge in [0.1, 0.15) is 11.3 Å². The molecule has 1 N–H and O–H groups in total. The zero-order valence-electron chi connectivity index (χ0n) is 19.2. The van der Waals surface area contributed by atoms with E-state index in [1.165, 1.54) is 16.2 Å². The largest absolute Gasteiger partial charge is 0.494 e. The van der Waals surface area contributed by atoms with Gasteiger partial charge in [0.25, 0.3) is 0 Å². The van der Waals surface area contributed by atoms with Crippen molar-refractivity contribution in [3.05, 3.63) is 46.7 Å². The van der Waals surface area contributed by atoms with Crippen molar-refractivity contribution >= 4 is 34.8 Å². The second-order valence-corrected chi connectivity index (χ2v) is 9.35. The smallest absolute Gasteiger partial charge is 0.327 e. The molecule has 0 aliphatic carbocycles. The van der Waals surface area contributed by atoms with Crippen LogP contribution in [0.3, 0.4) is 0 Å². The molecule has 3 heterocycles. The van der Waals surface area contributed by atoms with E-state index in [2.05, 4.69) is 5.32 Å². The number of amides is 2. The summed E-state index contributed by atoms with van der Waals surface area (Å²) in [6.45, 7) is 6.42. The molecule has 0 radical (unpaired) electrons. The maximum atomic E-state index is 13.8. The van der Waals surface area contributed by atoms with Crippen molar-refractivity contribution in [1.82, 2.24) is 5.32 Å². The Balaban J connectivity index is 1.78. The van der Waals surface area contributed by atoms with Crippen LogP contribution in [-0.4, -0.2) is 36.5 Å². The Morgan fingerprint density at radius 1 is 1.09 bits per heavy atom. The van der Waals surface area contributed by atoms with Crippen molar-refractivity contribution in [2.75, 3.05) is 18.1 Å². The van der Waals surface area contributed by atoms with Gasteiger partial charge in [0.05, 0.1) is 36.8 Å². The number of benzene rings is 1. The van der Waals surface area contributed by atoms with Crippen molar-refractivity contribution in [3.63, 3.8) is 0 Å². The zero-order chi connectivity index (χ0) is 23.6. The number of carbonyl (C=O) groups excluding carboxylic acids is 3. The third kappa shape index (κ3) is 3.95. The molecule has 1 aromatic carbocycles. The van der Waals surface area contributed by atoms with E-state index in [1.54, 1.807) is 31.2 Å². The Kier molecular flexibility index (Phi) is 6.86. The van der Waals surface area contributed by atoms with Crippen LogP contribution in [0.4, 0.5) is 5.69 Å². The number of hydrogen-bond acceptors (Lipinski definition) is 7. The monoisotopic (exact) mass is 470 g/mol. The molecule has 33 heavy (non-hydrogen) atoms. The van der Waals surface area contributed by atoms with E-state index >= 15 is 0 Å². The summed E-state index contributed by atoms with van der Waals surface area (Å²) in [6.07, 6.45) is 2.02. The molecule has 8 heteroatoms. The van der Waals surface area contributed by atoms with Crippen LogP contribution in [0.2, 0.25) is 0 Å². The van der Waals surface area contributed by atoms with Crippen molar-refractivity contribution in [3.8, 4) is 5.75 Å². The molecular weight excluding hydrogens is 440 g/mol. The van der Waals surface area contributed by atoms with Crippen LogP contribution >= 0.6 is 11.3 Å². The number of thiophene rings is 1. The molecular formula is C25H30N2O5S. The highest BCUT2D eigenvalue weighted by atomic mass is 32.1. The number of anilines is 1. The first-order valence-electron chi connectivity index (χ1n) is 11.6. The van der Waals surface area contributed by atoms with Gasteiger partial charge in [0, 0.05) is 4.88 Å². The van der Waals surface area contributed by atoms with Crippen LogP contribution in [0.1, 0.15) is 51.0 Å². The summed E-state index contributed by atoms with van der Waals surface area (Å²) in [5.74, 6) is -1.93. The Labute approximate surface area is 198 Å². The summed E-state index contributed by atoms with van der Waals surface area (Å²) in [4.78, 5) is 43.1. The summed E-state index contributed by atoms with van der Waals surface area (Å²) in [6, 6.07) is 10.4. The van der Waals surface area contributed by atoms with Gasteiger partial charge in [-0.15, -0.1) is 11.3 Å². The standard InChI is InChI=1S/C25H30N2O5S/c1-4-7-14-25(24(30)32-6-3)20-19(21(26-25)18-9-8-15-33-18)22(28)27(23(20)29)16-10-12-17(13-11-16)31-5-2/h8-13,15,19-21,26H,4-7,14H2,1-3H3/t19-,20+,21-,25+/m0/s1. The summed E-state index contributed by atoms with van der Waals surface area (Å²) in [7, 11) is 0. The number of imide groups is 1. The van der Waals surface area contributed by atoms with E-state index in [0.29, 0.717) is 24.5 Å². The van der Waals surface area contributed by atoms with Crippen LogP contribution in [0.25, 0.3) is 0 Å². The van der Waals surface area contributed by atoms with Gasteiger partial charge in [-0.05, 0) is 56.0 Å². The molecule has 176 valence electrons. The minimum absolute atomic E-state index is 0.209. The van der Waals surface area contributed by atoms with Crippen LogP contribution < -0.4 is 15.0 Å². The van der Waals surface area contributed by atoms with E-state index in [1.807, 2.05) is 31.4 Å². The van der Waals surface area contributed by atoms with Gasteiger partial charge in [-0.2, -0.15) is 0 Å². The molecule has 0 unspecified atom stereocenters. The third-order valence-electron chi connectivity index (χ3n) is 6.47. The predicted octanol–water partition coefficient (Wildman–Crippen LogP) is 4.09. The molecule has 0 bridgehead atoms. The topological polar surface area (TPSA) is 84.9 Å². The fraction of sp³-hybridized carbons (Fsp3) is 0.480. The van der Waals surface area contributed by atoms with Crippen molar-refractivity contribution in [2.24, 2.45) is 11.8 Å². The number of hydrogen-bond donors (Lipinski definition) is 1. The van der Waals surface area contributed by atoms with Crippen LogP contribution in [0.5, 0.6) is 5.75 Å². The number of carbonyl (C=O) groups is 3. The van der Waals surface area contributed by atoms with Crippen LogP contribution in [0.15, 0.2) is 41.8 Å². The molecule has 2 saturated heterocycles. The molecule has 2 aliphatic rings. The lowest BCUT2D eigenvalue weighted by atomic mass is 9.77. The fourth-order valence-electron chi connectivity index (χ4n) is 5.06. The van der Waals surface area contributed by atoms with E-state index < -0.39 is 29.4 Å². The molecule has 2 fully saturated rings. The second kappa shape index (κ2) is 9.65. The summed E-state index contributed by atoms with van der Waals surface area (Å²) in [5.41, 5.74) is -0.751. The number of esters is 1. The van der Waals surface area contributed by atoms with Gasteiger partial charge in [0.2, 0.25) is 11.8 Å². The summed E-state index contributed by atoms with van der Waals surface area (Å²) < 4.78 is 11.0. The van der Waals surface area contributed by atoms with Crippen molar-refractivity contribution in [2.45, 2.75) is 51.6 Å².